The highest BCUT2D eigenvalue weighted by molar-refractivity contribution is 7.89. The maximum absolute atomic E-state index is 12.6. The summed E-state index contributed by atoms with van der Waals surface area (Å²) in [4.78, 5) is 12.5. The molecule has 1 fully saturated rings. The molecule has 0 atom stereocenters. The smallest absolute Gasteiger partial charge is 0.314 e. The minimum Gasteiger partial charge on any atom is -0.426 e. The van der Waals surface area contributed by atoms with Crippen molar-refractivity contribution in [3.8, 4) is 5.75 Å². The molecule has 2 aromatic carbocycles. The molecule has 25 heavy (non-hydrogen) atoms. The molecule has 5 nitrogen and oxygen atoms in total. The van der Waals surface area contributed by atoms with Crippen LogP contribution in [-0.2, 0) is 14.8 Å². The van der Waals surface area contributed by atoms with Gasteiger partial charge in [0.1, 0.15) is 5.75 Å². The minimum absolute atomic E-state index is 0.273. The molecule has 1 heterocycles. The Labute approximate surface area is 152 Å². The topological polar surface area (TPSA) is 63.7 Å². The lowest BCUT2D eigenvalue weighted by Crippen LogP contribution is -2.41. The maximum atomic E-state index is 12.6. The number of rotatable bonds is 4. The van der Waals surface area contributed by atoms with Gasteiger partial charge in [-0.2, -0.15) is 4.31 Å². The van der Waals surface area contributed by atoms with E-state index in [0.29, 0.717) is 36.7 Å². The Morgan fingerprint density at radius 1 is 1.04 bits per heavy atom. The maximum Gasteiger partial charge on any atom is 0.314 e. The van der Waals surface area contributed by atoms with Crippen LogP contribution in [-0.4, -0.2) is 31.8 Å². The van der Waals surface area contributed by atoms with Gasteiger partial charge in [-0.3, -0.25) is 4.79 Å². The average Bonchev–Trinajstić information content (AvgIpc) is 2.62. The zero-order valence-electron chi connectivity index (χ0n) is 13.5. The summed E-state index contributed by atoms with van der Waals surface area (Å²) in [7, 11) is -3.51. The molecule has 0 aliphatic carbocycles. The van der Waals surface area contributed by atoms with Crippen molar-refractivity contribution in [2.45, 2.75) is 17.7 Å². The van der Waals surface area contributed by atoms with Gasteiger partial charge in [0.2, 0.25) is 10.0 Å². The average molecular weight is 380 g/mol. The third-order valence-electron chi connectivity index (χ3n) is 4.18. The fourth-order valence-electron chi connectivity index (χ4n) is 2.80. The Balaban J connectivity index is 1.61. The van der Waals surface area contributed by atoms with Crippen molar-refractivity contribution in [1.82, 2.24) is 4.31 Å². The molecule has 1 aliphatic heterocycles. The number of sulfonamides is 1. The van der Waals surface area contributed by atoms with E-state index in [1.54, 1.807) is 54.6 Å². The second kappa shape index (κ2) is 7.56. The van der Waals surface area contributed by atoms with Gasteiger partial charge in [0.25, 0.3) is 0 Å². The standard InChI is InChI=1S/C18H18ClNO4S/c19-15-5-4-6-16(13-15)24-18(21)14-9-11-20(12-10-14)25(22,23)17-7-2-1-3-8-17/h1-8,13-14H,9-12H2. The van der Waals surface area contributed by atoms with Gasteiger partial charge in [0, 0.05) is 18.1 Å². The van der Waals surface area contributed by atoms with Crippen molar-refractivity contribution >= 4 is 27.6 Å². The van der Waals surface area contributed by atoms with Gasteiger partial charge < -0.3 is 4.74 Å². The lowest BCUT2D eigenvalue weighted by Gasteiger charge is -2.30. The molecular formula is C18H18ClNO4S. The number of esters is 1. The highest BCUT2D eigenvalue weighted by Gasteiger charge is 2.32. The first-order chi connectivity index (χ1) is 12.0. The fraction of sp³-hybridized carbons (Fsp3) is 0.278. The van der Waals surface area contributed by atoms with Crippen LogP contribution in [0, 0.1) is 5.92 Å². The molecular weight excluding hydrogens is 362 g/mol. The molecule has 0 radical (unpaired) electrons. The van der Waals surface area contributed by atoms with E-state index in [0.717, 1.165) is 0 Å². The van der Waals surface area contributed by atoms with E-state index >= 15 is 0 Å². The van der Waals surface area contributed by atoms with Gasteiger partial charge in [0.05, 0.1) is 10.8 Å². The summed E-state index contributed by atoms with van der Waals surface area (Å²) in [5.41, 5.74) is 0. The minimum atomic E-state index is -3.51. The molecule has 1 aliphatic rings. The van der Waals surface area contributed by atoms with E-state index in [4.69, 9.17) is 16.3 Å². The van der Waals surface area contributed by atoms with Gasteiger partial charge in [0.15, 0.2) is 0 Å². The van der Waals surface area contributed by atoms with E-state index in [1.807, 2.05) is 0 Å². The van der Waals surface area contributed by atoms with Crippen LogP contribution in [0.25, 0.3) is 0 Å². The van der Waals surface area contributed by atoms with Crippen LogP contribution in [0.3, 0.4) is 0 Å². The zero-order valence-corrected chi connectivity index (χ0v) is 15.0. The molecule has 132 valence electrons. The predicted octanol–water partition coefficient (Wildman–Crippen LogP) is 3.35. The van der Waals surface area contributed by atoms with Crippen molar-refractivity contribution in [3.63, 3.8) is 0 Å². The Bertz CT molecular complexity index is 846. The first-order valence-electron chi connectivity index (χ1n) is 7.99. The highest BCUT2D eigenvalue weighted by Crippen LogP contribution is 2.26. The number of benzene rings is 2. The van der Waals surface area contributed by atoms with E-state index in [-0.39, 0.29) is 16.8 Å². The molecule has 0 unspecified atom stereocenters. The molecule has 0 amide bonds. The quantitative estimate of drug-likeness (QED) is 0.603. The van der Waals surface area contributed by atoms with E-state index in [9.17, 15) is 13.2 Å². The normalized spacial score (nSPS) is 16.5. The molecule has 0 aromatic heterocycles. The van der Waals surface area contributed by atoms with Crippen LogP contribution in [0.4, 0.5) is 0 Å². The molecule has 0 spiro atoms. The van der Waals surface area contributed by atoms with E-state index in [2.05, 4.69) is 0 Å². The second-order valence-corrected chi connectivity index (χ2v) is 8.24. The number of carbonyl (C=O) groups excluding carboxylic acids is 1. The monoisotopic (exact) mass is 379 g/mol. The largest absolute Gasteiger partial charge is 0.426 e. The number of piperidine rings is 1. The summed E-state index contributed by atoms with van der Waals surface area (Å²) >= 11 is 5.88. The second-order valence-electron chi connectivity index (χ2n) is 5.87. The first-order valence-corrected chi connectivity index (χ1v) is 9.81. The molecule has 0 saturated carbocycles. The number of nitrogens with zero attached hydrogens (tertiary/aromatic N) is 1. The zero-order chi connectivity index (χ0) is 17.9. The summed E-state index contributed by atoms with van der Waals surface area (Å²) in [6.45, 7) is 0.596. The lowest BCUT2D eigenvalue weighted by atomic mass is 9.98. The Kier molecular flexibility index (Phi) is 5.42. The highest BCUT2D eigenvalue weighted by atomic mass is 35.5. The predicted molar refractivity (Wildman–Crippen MR) is 95.0 cm³/mol. The SMILES string of the molecule is O=C(Oc1cccc(Cl)c1)C1CCN(S(=O)(=O)c2ccccc2)CC1. The van der Waals surface area contributed by atoms with Crippen LogP contribution in [0.5, 0.6) is 5.75 Å². The molecule has 0 bridgehead atoms. The first kappa shape index (κ1) is 17.9. The van der Waals surface area contributed by atoms with Crippen LogP contribution < -0.4 is 4.74 Å². The summed E-state index contributed by atoms with van der Waals surface area (Å²) in [5.74, 6) is -0.267. The van der Waals surface area contributed by atoms with Crippen molar-refractivity contribution in [2.24, 2.45) is 5.92 Å². The van der Waals surface area contributed by atoms with Gasteiger partial charge in [-0.15, -0.1) is 0 Å². The van der Waals surface area contributed by atoms with Gasteiger partial charge in [-0.25, -0.2) is 8.42 Å². The lowest BCUT2D eigenvalue weighted by molar-refractivity contribution is -0.140. The van der Waals surface area contributed by atoms with Crippen molar-refractivity contribution in [2.75, 3.05) is 13.1 Å². The van der Waals surface area contributed by atoms with E-state index in [1.165, 1.54) is 4.31 Å². The number of halogens is 1. The Morgan fingerprint density at radius 3 is 2.36 bits per heavy atom. The Morgan fingerprint density at radius 2 is 1.72 bits per heavy atom. The van der Waals surface area contributed by atoms with Gasteiger partial charge >= 0.3 is 5.97 Å². The summed E-state index contributed by atoms with van der Waals surface area (Å²) in [6, 6.07) is 15.0. The number of ether oxygens (including phenoxy) is 1. The summed E-state index contributed by atoms with van der Waals surface area (Å²) < 4.78 is 31.9. The number of carbonyl (C=O) groups is 1. The summed E-state index contributed by atoms with van der Waals surface area (Å²) in [5, 5.41) is 0.495. The number of hydrogen-bond donors (Lipinski definition) is 0. The van der Waals surface area contributed by atoms with Crippen LogP contribution in [0.2, 0.25) is 5.02 Å². The summed E-state index contributed by atoms with van der Waals surface area (Å²) in [6.07, 6.45) is 0.872. The fourth-order valence-corrected chi connectivity index (χ4v) is 4.47. The van der Waals surface area contributed by atoms with Crippen molar-refractivity contribution < 1.29 is 17.9 Å². The molecule has 1 saturated heterocycles. The molecule has 7 heteroatoms. The molecule has 0 N–H and O–H groups in total. The number of hydrogen-bond acceptors (Lipinski definition) is 4. The van der Waals surface area contributed by atoms with Crippen LogP contribution in [0.15, 0.2) is 59.5 Å². The molecule has 2 aromatic rings. The van der Waals surface area contributed by atoms with Crippen LogP contribution >= 0.6 is 11.6 Å². The van der Waals surface area contributed by atoms with Gasteiger partial charge in [-0.05, 0) is 43.2 Å². The van der Waals surface area contributed by atoms with Gasteiger partial charge in [-0.1, -0.05) is 35.9 Å². The van der Waals surface area contributed by atoms with Crippen molar-refractivity contribution in [1.29, 1.82) is 0 Å². The third-order valence-corrected chi connectivity index (χ3v) is 6.33. The Hall–Kier alpha value is -1.89. The molecule has 3 rings (SSSR count). The third kappa shape index (κ3) is 4.21. The van der Waals surface area contributed by atoms with Crippen molar-refractivity contribution in [3.05, 3.63) is 59.6 Å². The van der Waals surface area contributed by atoms with E-state index < -0.39 is 10.0 Å². The van der Waals surface area contributed by atoms with Crippen LogP contribution in [0.1, 0.15) is 12.8 Å².